The Morgan fingerprint density at radius 3 is 2.20 bits per heavy atom. The number of rotatable bonds is 2. The third-order valence-electron chi connectivity index (χ3n) is 3.26. The number of hydrogen-bond acceptors (Lipinski definition) is 2. The molecule has 4 heteroatoms. The summed E-state index contributed by atoms with van der Waals surface area (Å²) in [6.45, 7) is 3.94. The minimum atomic E-state index is -0.268. The molecule has 100 valence electrons. The maximum atomic E-state index is 12.5. The Balaban J connectivity index is 2.09. The van der Waals surface area contributed by atoms with E-state index in [0.29, 0.717) is 22.2 Å². The minimum Gasteiger partial charge on any atom is -0.306 e. The van der Waals surface area contributed by atoms with Crippen LogP contribution in [0.1, 0.15) is 27.0 Å². The van der Waals surface area contributed by atoms with E-state index in [1.807, 2.05) is 32.0 Å². The van der Waals surface area contributed by atoms with Crippen molar-refractivity contribution in [1.29, 1.82) is 0 Å². The number of hydrogen-bond donors (Lipinski definition) is 2. The van der Waals surface area contributed by atoms with Crippen LogP contribution in [0.25, 0.3) is 11.0 Å². The smallest absolute Gasteiger partial charge is 0.306 e. The molecule has 0 saturated heterocycles. The second kappa shape index (κ2) is 4.49. The van der Waals surface area contributed by atoms with Crippen molar-refractivity contribution in [2.75, 3.05) is 0 Å². The van der Waals surface area contributed by atoms with Gasteiger partial charge < -0.3 is 9.97 Å². The highest BCUT2D eigenvalue weighted by Crippen LogP contribution is 2.17. The lowest BCUT2D eigenvalue weighted by Gasteiger charge is -2.04. The SMILES string of the molecule is Cc1cc(C)cc(C(=O)c2ccc3[nH]c(=O)[nH]c3c2)c1. The van der Waals surface area contributed by atoms with Crippen molar-refractivity contribution < 1.29 is 4.79 Å². The first-order valence-electron chi connectivity index (χ1n) is 6.38. The third-order valence-corrected chi connectivity index (χ3v) is 3.26. The molecule has 0 bridgehead atoms. The fourth-order valence-electron chi connectivity index (χ4n) is 2.45. The predicted octanol–water partition coefficient (Wildman–Crippen LogP) is 2.70. The maximum Gasteiger partial charge on any atom is 0.323 e. The Kier molecular flexibility index (Phi) is 2.79. The van der Waals surface area contributed by atoms with Crippen LogP contribution in [0.2, 0.25) is 0 Å². The van der Waals surface area contributed by atoms with E-state index < -0.39 is 0 Å². The van der Waals surface area contributed by atoms with Crippen LogP contribution in [0.4, 0.5) is 0 Å². The quantitative estimate of drug-likeness (QED) is 0.700. The summed E-state index contributed by atoms with van der Waals surface area (Å²) in [6, 6.07) is 10.9. The number of imidazole rings is 1. The van der Waals surface area contributed by atoms with Crippen LogP contribution >= 0.6 is 0 Å². The fourth-order valence-corrected chi connectivity index (χ4v) is 2.45. The first kappa shape index (κ1) is 12.4. The molecule has 3 aromatic rings. The van der Waals surface area contributed by atoms with Gasteiger partial charge in [0.1, 0.15) is 0 Å². The Morgan fingerprint density at radius 2 is 1.50 bits per heavy atom. The summed E-state index contributed by atoms with van der Waals surface area (Å²) >= 11 is 0. The molecular weight excluding hydrogens is 252 g/mol. The number of aromatic amines is 2. The van der Waals surface area contributed by atoms with Crippen molar-refractivity contribution in [3.63, 3.8) is 0 Å². The second-order valence-corrected chi connectivity index (χ2v) is 5.04. The molecule has 0 aliphatic heterocycles. The number of aromatic nitrogens is 2. The van der Waals surface area contributed by atoms with E-state index in [9.17, 15) is 9.59 Å². The van der Waals surface area contributed by atoms with Gasteiger partial charge in [-0.05, 0) is 44.2 Å². The molecule has 1 aromatic heterocycles. The molecule has 20 heavy (non-hydrogen) atoms. The monoisotopic (exact) mass is 266 g/mol. The predicted molar refractivity (Wildman–Crippen MR) is 78.3 cm³/mol. The number of ketones is 1. The normalized spacial score (nSPS) is 10.9. The summed E-state index contributed by atoms with van der Waals surface area (Å²) in [5.41, 5.74) is 4.43. The third kappa shape index (κ3) is 2.16. The summed E-state index contributed by atoms with van der Waals surface area (Å²) in [6.07, 6.45) is 0. The first-order valence-corrected chi connectivity index (χ1v) is 6.38. The molecule has 2 N–H and O–H groups in total. The highest BCUT2D eigenvalue weighted by Gasteiger charge is 2.11. The summed E-state index contributed by atoms with van der Waals surface area (Å²) in [5.74, 6) is -0.0410. The van der Waals surface area contributed by atoms with Crippen LogP contribution < -0.4 is 5.69 Å². The van der Waals surface area contributed by atoms with Crippen LogP contribution in [0, 0.1) is 13.8 Å². The van der Waals surface area contributed by atoms with Gasteiger partial charge in [-0.25, -0.2) is 4.79 Å². The van der Waals surface area contributed by atoms with E-state index >= 15 is 0 Å². The molecule has 2 aromatic carbocycles. The number of H-pyrrole nitrogens is 2. The van der Waals surface area contributed by atoms with E-state index in [1.165, 1.54) is 0 Å². The van der Waals surface area contributed by atoms with Crippen molar-refractivity contribution in [2.24, 2.45) is 0 Å². The lowest BCUT2D eigenvalue weighted by molar-refractivity contribution is 0.103. The van der Waals surface area contributed by atoms with Gasteiger partial charge in [-0.15, -0.1) is 0 Å². The van der Waals surface area contributed by atoms with Crippen LogP contribution in [0.5, 0.6) is 0 Å². The van der Waals surface area contributed by atoms with Crippen molar-refractivity contribution in [3.8, 4) is 0 Å². The molecular formula is C16H14N2O2. The largest absolute Gasteiger partial charge is 0.323 e. The van der Waals surface area contributed by atoms with Crippen molar-refractivity contribution >= 4 is 16.8 Å². The molecule has 0 spiro atoms. The van der Waals surface area contributed by atoms with E-state index in [0.717, 1.165) is 11.1 Å². The maximum absolute atomic E-state index is 12.5. The highest BCUT2D eigenvalue weighted by molar-refractivity contribution is 6.10. The zero-order valence-corrected chi connectivity index (χ0v) is 11.3. The van der Waals surface area contributed by atoms with Crippen molar-refractivity contribution in [3.05, 3.63) is 69.1 Å². The number of carbonyl (C=O) groups excluding carboxylic acids is 1. The average Bonchev–Trinajstić information content (AvgIpc) is 2.75. The highest BCUT2D eigenvalue weighted by atomic mass is 16.1. The Morgan fingerprint density at radius 1 is 0.850 bits per heavy atom. The Hall–Kier alpha value is -2.62. The minimum absolute atomic E-state index is 0.0410. The van der Waals surface area contributed by atoms with Crippen LogP contribution in [-0.4, -0.2) is 15.8 Å². The fraction of sp³-hybridized carbons (Fsp3) is 0.125. The van der Waals surface area contributed by atoms with Gasteiger partial charge in [-0.1, -0.05) is 17.2 Å². The lowest BCUT2D eigenvalue weighted by Crippen LogP contribution is -2.02. The van der Waals surface area contributed by atoms with Gasteiger partial charge in [0.2, 0.25) is 0 Å². The van der Waals surface area contributed by atoms with Crippen molar-refractivity contribution in [1.82, 2.24) is 9.97 Å². The van der Waals surface area contributed by atoms with Gasteiger partial charge in [0, 0.05) is 11.1 Å². The van der Waals surface area contributed by atoms with Gasteiger partial charge in [-0.3, -0.25) is 4.79 Å². The van der Waals surface area contributed by atoms with E-state index in [4.69, 9.17) is 0 Å². The van der Waals surface area contributed by atoms with Gasteiger partial charge in [0.25, 0.3) is 0 Å². The standard InChI is InChI=1S/C16H14N2O2/c1-9-5-10(2)7-12(6-9)15(19)11-3-4-13-14(8-11)18-16(20)17-13/h3-8H,1-2H3,(H2,17,18,20). The summed E-state index contributed by atoms with van der Waals surface area (Å²) < 4.78 is 0. The molecule has 4 nitrogen and oxygen atoms in total. The van der Waals surface area contributed by atoms with E-state index in [1.54, 1.807) is 18.2 Å². The zero-order chi connectivity index (χ0) is 14.3. The summed E-state index contributed by atoms with van der Waals surface area (Å²) in [7, 11) is 0. The molecule has 0 unspecified atom stereocenters. The topological polar surface area (TPSA) is 65.7 Å². The number of benzene rings is 2. The average molecular weight is 266 g/mol. The Labute approximate surface area is 115 Å². The summed E-state index contributed by atoms with van der Waals surface area (Å²) in [4.78, 5) is 29.1. The molecule has 0 aliphatic carbocycles. The molecule has 0 radical (unpaired) electrons. The lowest BCUT2D eigenvalue weighted by atomic mass is 9.99. The first-order chi connectivity index (χ1) is 9.52. The van der Waals surface area contributed by atoms with Gasteiger partial charge in [-0.2, -0.15) is 0 Å². The number of fused-ring (bicyclic) bond motifs is 1. The second-order valence-electron chi connectivity index (χ2n) is 5.04. The molecule has 0 aliphatic rings. The van der Waals surface area contributed by atoms with Crippen LogP contribution in [0.3, 0.4) is 0 Å². The number of aryl methyl sites for hydroxylation is 2. The molecule has 0 atom stereocenters. The van der Waals surface area contributed by atoms with Crippen LogP contribution in [0.15, 0.2) is 41.2 Å². The van der Waals surface area contributed by atoms with Crippen LogP contribution in [-0.2, 0) is 0 Å². The zero-order valence-electron chi connectivity index (χ0n) is 11.3. The van der Waals surface area contributed by atoms with Gasteiger partial charge >= 0.3 is 5.69 Å². The van der Waals surface area contributed by atoms with Gasteiger partial charge in [0.15, 0.2) is 5.78 Å². The molecule has 0 fully saturated rings. The molecule has 3 rings (SSSR count). The summed E-state index contributed by atoms with van der Waals surface area (Å²) in [5, 5.41) is 0. The number of carbonyl (C=O) groups is 1. The van der Waals surface area contributed by atoms with Crippen molar-refractivity contribution in [2.45, 2.75) is 13.8 Å². The van der Waals surface area contributed by atoms with E-state index in [-0.39, 0.29) is 11.5 Å². The molecule has 0 saturated carbocycles. The molecule has 0 amide bonds. The molecule has 1 heterocycles. The Bertz CT molecular complexity index is 851. The van der Waals surface area contributed by atoms with E-state index in [2.05, 4.69) is 9.97 Å². The number of nitrogens with one attached hydrogen (secondary N) is 2. The van der Waals surface area contributed by atoms with Gasteiger partial charge in [0.05, 0.1) is 11.0 Å².